The number of hydrogen-bond acceptors (Lipinski definition) is 4. The molecule has 1 aromatic carbocycles. The number of nitrogens with one attached hydrogen (secondary N) is 1. The lowest BCUT2D eigenvalue weighted by atomic mass is 10.1. The van der Waals surface area contributed by atoms with E-state index < -0.39 is 0 Å². The van der Waals surface area contributed by atoms with Gasteiger partial charge in [-0.1, -0.05) is 11.6 Å². The topological polar surface area (TPSA) is 54.9 Å². The minimum Gasteiger partial charge on any atom is -0.340 e. The number of aryl methyl sites for hydroxylation is 1. The Morgan fingerprint density at radius 3 is 2.75 bits per heavy atom. The van der Waals surface area contributed by atoms with Crippen LogP contribution >= 0.6 is 0 Å². The molecule has 4 heteroatoms. The van der Waals surface area contributed by atoms with E-state index >= 15 is 0 Å². The van der Waals surface area contributed by atoms with E-state index in [0.29, 0.717) is 11.4 Å². The van der Waals surface area contributed by atoms with Gasteiger partial charge in [-0.15, -0.1) is 0 Å². The maximum atomic E-state index is 10.6. The lowest BCUT2D eigenvalue weighted by molar-refractivity contribution is 0.112. The lowest BCUT2D eigenvalue weighted by Crippen LogP contribution is -1.96. The number of nitrogens with zero attached hydrogens (tertiary/aromatic N) is 2. The number of anilines is 2. The fourth-order valence-corrected chi connectivity index (χ4v) is 2.06. The zero-order valence-corrected chi connectivity index (χ0v) is 11.0. The Hall–Kier alpha value is -2.75. The third kappa shape index (κ3) is 2.36. The normalized spacial score (nSPS) is 10.4. The standard InChI is InChI=1S/C16H13N3O/c1-11-2-4-14-13(8-11)15(6-7-17-14)19-16-5-3-12(10-20)9-18-16/h2-10H,1H3,(H,17,18,19). The van der Waals surface area contributed by atoms with E-state index in [2.05, 4.69) is 21.4 Å². The van der Waals surface area contributed by atoms with E-state index in [0.717, 1.165) is 22.9 Å². The Kier molecular flexibility index (Phi) is 3.13. The van der Waals surface area contributed by atoms with Crippen molar-refractivity contribution in [2.75, 3.05) is 5.32 Å². The number of carbonyl (C=O) groups is 1. The molecule has 0 spiro atoms. The SMILES string of the molecule is Cc1ccc2nccc(Nc3ccc(C=O)cn3)c2c1. The maximum absolute atomic E-state index is 10.6. The van der Waals surface area contributed by atoms with Crippen molar-refractivity contribution in [1.82, 2.24) is 9.97 Å². The van der Waals surface area contributed by atoms with Gasteiger partial charge in [0.2, 0.25) is 0 Å². The average Bonchev–Trinajstić information content (AvgIpc) is 2.49. The number of hydrogen-bond donors (Lipinski definition) is 1. The van der Waals surface area contributed by atoms with Crippen LogP contribution in [-0.4, -0.2) is 16.3 Å². The third-order valence-corrected chi connectivity index (χ3v) is 3.08. The Balaban J connectivity index is 2.01. The Morgan fingerprint density at radius 2 is 2.00 bits per heavy atom. The van der Waals surface area contributed by atoms with Crippen LogP contribution in [0.1, 0.15) is 15.9 Å². The molecule has 98 valence electrons. The molecule has 0 aliphatic carbocycles. The zero-order chi connectivity index (χ0) is 13.9. The van der Waals surface area contributed by atoms with Crippen molar-refractivity contribution in [2.45, 2.75) is 6.92 Å². The van der Waals surface area contributed by atoms with E-state index in [4.69, 9.17) is 0 Å². The molecule has 0 aliphatic heterocycles. The van der Waals surface area contributed by atoms with Crippen LogP contribution in [0.4, 0.5) is 11.5 Å². The second-order valence-corrected chi connectivity index (χ2v) is 4.60. The van der Waals surface area contributed by atoms with Crippen molar-refractivity contribution in [3.63, 3.8) is 0 Å². The molecule has 4 nitrogen and oxygen atoms in total. The smallest absolute Gasteiger partial charge is 0.151 e. The number of aromatic nitrogens is 2. The van der Waals surface area contributed by atoms with Crippen LogP contribution in [0.15, 0.2) is 48.8 Å². The molecule has 0 fully saturated rings. The highest BCUT2D eigenvalue weighted by Crippen LogP contribution is 2.25. The summed E-state index contributed by atoms with van der Waals surface area (Å²) in [4.78, 5) is 19.2. The average molecular weight is 263 g/mol. The van der Waals surface area contributed by atoms with E-state index in [1.807, 2.05) is 25.1 Å². The molecule has 0 saturated carbocycles. The number of carbonyl (C=O) groups excluding carboxylic acids is 1. The maximum Gasteiger partial charge on any atom is 0.151 e. The van der Waals surface area contributed by atoms with Crippen molar-refractivity contribution in [1.29, 1.82) is 0 Å². The van der Waals surface area contributed by atoms with E-state index in [9.17, 15) is 4.79 Å². The number of benzene rings is 1. The van der Waals surface area contributed by atoms with Crippen LogP contribution in [-0.2, 0) is 0 Å². The van der Waals surface area contributed by atoms with Gasteiger partial charge in [0.25, 0.3) is 0 Å². The molecule has 0 amide bonds. The summed E-state index contributed by atoms with van der Waals surface area (Å²) in [6, 6.07) is 11.6. The summed E-state index contributed by atoms with van der Waals surface area (Å²) in [5.74, 6) is 0.699. The van der Waals surface area contributed by atoms with Crippen molar-refractivity contribution < 1.29 is 4.79 Å². The highest BCUT2D eigenvalue weighted by Gasteiger charge is 2.03. The lowest BCUT2D eigenvalue weighted by Gasteiger charge is -2.09. The first-order chi connectivity index (χ1) is 9.76. The highest BCUT2D eigenvalue weighted by molar-refractivity contribution is 5.93. The summed E-state index contributed by atoms with van der Waals surface area (Å²) in [5, 5.41) is 4.31. The monoisotopic (exact) mass is 263 g/mol. The molecule has 3 aromatic rings. The summed E-state index contributed by atoms with van der Waals surface area (Å²) in [7, 11) is 0. The van der Waals surface area contributed by atoms with Gasteiger partial charge in [-0.3, -0.25) is 9.78 Å². The minimum atomic E-state index is 0.561. The van der Waals surface area contributed by atoms with E-state index in [-0.39, 0.29) is 0 Å². The van der Waals surface area contributed by atoms with Gasteiger partial charge in [0.1, 0.15) is 5.82 Å². The van der Waals surface area contributed by atoms with Crippen molar-refractivity contribution in [3.8, 4) is 0 Å². The molecule has 20 heavy (non-hydrogen) atoms. The van der Waals surface area contributed by atoms with Gasteiger partial charge in [-0.2, -0.15) is 0 Å². The highest BCUT2D eigenvalue weighted by atomic mass is 16.1. The summed E-state index contributed by atoms with van der Waals surface area (Å²) in [5.41, 5.74) is 3.62. The first kappa shape index (κ1) is 12.3. The molecule has 0 unspecified atom stereocenters. The zero-order valence-electron chi connectivity index (χ0n) is 11.0. The molecular weight excluding hydrogens is 250 g/mol. The Bertz CT molecular complexity index is 766. The Labute approximate surface area is 116 Å². The first-order valence-corrected chi connectivity index (χ1v) is 6.30. The molecule has 0 atom stereocenters. The largest absolute Gasteiger partial charge is 0.340 e. The van der Waals surface area contributed by atoms with Gasteiger partial charge < -0.3 is 5.32 Å². The molecule has 2 heterocycles. The van der Waals surface area contributed by atoms with E-state index in [1.54, 1.807) is 24.5 Å². The predicted octanol–water partition coefficient (Wildman–Crippen LogP) is 3.49. The van der Waals surface area contributed by atoms with Crippen LogP contribution in [0.25, 0.3) is 10.9 Å². The van der Waals surface area contributed by atoms with Crippen molar-refractivity contribution in [2.24, 2.45) is 0 Å². The second kappa shape index (κ2) is 5.09. The third-order valence-electron chi connectivity index (χ3n) is 3.08. The summed E-state index contributed by atoms with van der Waals surface area (Å²) >= 11 is 0. The minimum absolute atomic E-state index is 0.561. The molecule has 0 radical (unpaired) electrons. The first-order valence-electron chi connectivity index (χ1n) is 6.30. The molecule has 0 saturated heterocycles. The Morgan fingerprint density at radius 1 is 1.10 bits per heavy atom. The van der Waals surface area contributed by atoms with Gasteiger partial charge in [-0.05, 0) is 37.3 Å². The number of fused-ring (bicyclic) bond motifs is 1. The molecule has 0 bridgehead atoms. The van der Waals surface area contributed by atoms with E-state index in [1.165, 1.54) is 5.56 Å². The van der Waals surface area contributed by atoms with Gasteiger partial charge >= 0.3 is 0 Å². The number of rotatable bonds is 3. The number of aldehydes is 1. The van der Waals surface area contributed by atoms with Crippen LogP contribution in [0.5, 0.6) is 0 Å². The summed E-state index contributed by atoms with van der Waals surface area (Å²) < 4.78 is 0. The fraction of sp³-hybridized carbons (Fsp3) is 0.0625. The van der Waals surface area contributed by atoms with Gasteiger partial charge in [0.05, 0.1) is 11.2 Å². The van der Waals surface area contributed by atoms with Crippen LogP contribution < -0.4 is 5.32 Å². The quantitative estimate of drug-likeness (QED) is 0.735. The molecule has 1 N–H and O–H groups in total. The van der Waals surface area contributed by atoms with Gasteiger partial charge in [-0.25, -0.2) is 4.98 Å². The van der Waals surface area contributed by atoms with Gasteiger partial charge in [0, 0.05) is 23.3 Å². The second-order valence-electron chi connectivity index (χ2n) is 4.60. The summed E-state index contributed by atoms with van der Waals surface area (Å²) in [6.07, 6.45) is 4.09. The molecule has 3 rings (SSSR count). The summed E-state index contributed by atoms with van der Waals surface area (Å²) in [6.45, 7) is 2.05. The van der Waals surface area contributed by atoms with Crippen molar-refractivity contribution >= 4 is 28.7 Å². The van der Waals surface area contributed by atoms with Crippen LogP contribution in [0, 0.1) is 6.92 Å². The molecule has 2 aromatic heterocycles. The molecular formula is C16H13N3O. The van der Waals surface area contributed by atoms with Crippen LogP contribution in [0.2, 0.25) is 0 Å². The van der Waals surface area contributed by atoms with Crippen molar-refractivity contribution in [3.05, 3.63) is 59.9 Å². The predicted molar refractivity (Wildman–Crippen MR) is 79.4 cm³/mol. The molecule has 0 aliphatic rings. The number of pyridine rings is 2. The van der Waals surface area contributed by atoms with Crippen LogP contribution in [0.3, 0.4) is 0 Å². The van der Waals surface area contributed by atoms with Gasteiger partial charge in [0.15, 0.2) is 6.29 Å². The fourth-order valence-electron chi connectivity index (χ4n) is 2.06.